The molecule has 1 atom stereocenters. The number of carbonyl (C=O) groups excluding carboxylic acids is 2. The fourth-order valence-electron chi connectivity index (χ4n) is 3.43. The standard InChI is InChI=1S/C21H24N2O5/c1-13(2)22-19(24)12-28-18-11-15-7-4-3-6-14(15)10-16(18)20(25)23-9-5-8-17(23)21(26)27/h3-4,6-7,10-11,13,17H,5,8-9,12H2,1-2H3,(H,22,24)(H,26,27). The number of aliphatic carboxylic acids is 1. The Morgan fingerprint density at radius 3 is 2.54 bits per heavy atom. The van der Waals surface area contributed by atoms with E-state index in [0.717, 1.165) is 10.8 Å². The predicted octanol–water partition coefficient (Wildman–Crippen LogP) is 2.43. The number of hydrogen-bond donors (Lipinski definition) is 2. The van der Waals surface area contributed by atoms with Crippen LogP contribution < -0.4 is 10.1 Å². The van der Waals surface area contributed by atoms with Crippen molar-refractivity contribution in [2.45, 2.75) is 38.8 Å². The highest BCUT2D eigenvalue weighted by atomic mass is 16.5. The summed E-state index contributed by atoms with van der Waals surface area (Å²) in [5.74, 6) is -1.41. The second-order valence-electron chi connectivity index (χ2n) is 7.20. The zero-order chi connectivity index (χ0) is 20.3. The molecule has 0 spiro atoms. The fourth-order valence-corrected chi connectivity index (χ4v) is 3.43. The summed E-state index contributed by atoms with van der Waals surface area (Å²) < 4.78 is 5.68. The van der Waals surface area contributed by atoms with Crippen molar-refractivity contribution in [3.63, 3.8) is 0 Å². The van der Waals surface area contributed by atoms with Crippen LogP contribution in [0, 0.1) is 0 Å². The molecule has 0 bridgehead atoms. The minimum atomic E-state index is -1.01. The maximum atomic E-state index is 13.1. The second-order valence-corrected chi connectivity index (χ2v) is 7.20. The topological polar surface area (TPSA) is 95.9 Å². The smallest absolute Gasteiger partial charge is 0.326 e. The quantitative estimate of drug-likeness (QED) is 0.797. The lowest BCUT2D eigenvalue weighted by Gasteiger charge is -2.23. The Hall–Kier alpha value is -3.09. The van der Waals surface area contributed by atoms with E-state index in [4.69, 9.17) is 4.74 Å². The van der Waals surface area contributed by atoms with Gasteiger partial charge in [0.25, 0.3) is 11.8 Å². The molecule has 1 saturated heterocycles. The van der Waals surface area contributed by atoms with E-state index < -0.39 is 17.9 Å². The van der Waals surface area contributed by atoms with Crippen molar-refractivity contribution in [3.05, 3.63) is 42.0 Å². The Bertz CT molecular complexity index is 909. The molecule has 2 amide bonds. The summed E-state index contributed by atoms with van der Waals surface area (Å²) >= 11 is 0. The van der Waals surface area contributed by atoms with Gasteiger partial charge in [0.2, 0.25) is 0 Å². The van der Waals surface area contributed by atoms with Gasteiger partial charge in [0, 0.05) is 12.6 Å². The molecule has 1 aliphatic heterocycles. The van der Waals surface area contributed by atoms with Gasteiger partial charge in [0.15, 0.2) is 6.61 Å². The molecule has 28 heavy (non-hydrogen) atoms. The maximum Gasteiger partial charge on any atom is 0.326 e. The molecule has 0 radical (unpaired) electrons. The molecule has 0 saturated carbocycles. The molecule has 148 valence electrons. The minimum Gasteiger partial charge on any atom is -0.483 e. The average Bonchev–Trinajstić information content (AvgIpc) is 3.14. The van der Waals surface area contributed by atoms with Crippen LogP contribution in [0.4, 0.5) is 0 Å². The lowest BCUT2D eigenvalue weighted by Crippen LogP contribution is -2.40. The molecule has 1 heterocycles. The number of fused-ring (bicyclic) bond motifs is 1. The van der Waals surface area contributed by atoms with E-state index in [0.29, 0.717) is 19.4 Å². The van der Waals surface area contributed by atoms with Gasteiger partial charge in [-0.05, 0) is 49.6 Å². The van der Waals surface area contributed by atoms with Crippen molar-refractivity contribution in [2.75, 3.05) is 13.2 Å². The third-order valence-corrected chi connectivity index (χ3v) is 4.69. The fraction of sp³-hybridized carbons (Fsp3) is 0.381. The molecule has 1 unspecified atom stereocenters. The summed E-state index contributed by atoms with van der Waals surface area (Å²) in [6.45, 7) is 3.86. The number of likely N-dealkylation sites (tertiary alicyclic amines) is 1. The van der Waals surface area contributed by atoms with Crippen molar-refractivity contribution in [3.8, 4) is 5.75 Å². The van der Waals surface area contributed by atoms with Crippen LogP contribution in [0.5, 0.6) is 5.75 Å². The minimum absolute atomic E-state index is 0.0188. The van der Waals surface area contributed by atoms with Crippen molar-refractivity contribution >= 4 is 28.6 Å². The van der Waals surface area contributed by atoms with E-state index in [2.05, 4.69) is 5.32 Å². The first-order valence-electron chi connectivity index (χ1n) is 9.35. The third-order valence-electron chi connectivity index (χ3n) is 4.69. The number of ether oxygens (including phenoxy) is 1. The molecular weight excluding hydrogens is 360 g/mol. The third kappa shape index (κ3) is 4.24. The number of rotatable bonds is 6. The van der Waals surface area contributed by atoms with Crippen LogP contribution >= 0.6 is 0 Å². The van der Waals surface area contributed by atoms with Crippen molar-refractivity contribution in [1.29, 1.82) is 0 Å². The number of amides is 2. The number of nitrogens with zero attached hydrogens (tertiary/aromatic N) is 1. The Kier molecular flexibility index (Phi) is 5.82. The van der Waals surface area contributed by atoms with Gasteiger partial charge >= 0.3 is 5.97 Å². The molecular formula is C21H24N2O5. The number of hydrogen-bond acceptors (Lipinski definition) is 4. The van der Waals surface area contributed by atoms with E-state index in [9.17, 15) is 19.5 Å². The summed E-state index contributed by atoms with van der Waals surface area (Å²) in [6.07, 6.45) is 1.07. The predicted molar refractivity (Wildman–Crippen MR) is 104 cm³/mol. The molecule has 2 aromatic rings. The van der Waals surface area contributed by atoms with Crippen LogP contribution in [0.25, 0.3) is 10.8 Å². The summed E-state index contributed by atoms with van der Waals surface area (Å²) in [7, 11) is 0. The van der Waals surface area contributed by atoms with Crippen molar-refractivity contribution in [1.82, 2.24) is 10.2 Å². The summed E-state index contributed by atoms with van der Waals surface area (Å²) in [5, 5.41) is 13.9. The van der Waals surface area contributed by atoms with E-state index in [1.54, 1.807) is 12.1 Å². The SMILES string of the molecule is CC(C)NC(=O)COc1cc2ccccc2cc1C(=O)N1CCCC1C(=O)O. The Labute approximate surface area is 163 Å². The number of carboxylic acid groups (broad SMARTS) is 1. The molecule has 1 fully saturated rings. The van der Waals surface area contributed by atoms with Gasteiger partial charge in [-0.15, -0.1) is 0 Å². The van der Waals surface area contributed by atoms with Gasteiger partial charge in [-0.2, -0.15) is 0 Å². The number of benzene rings is 2. The van der Waals surface area contributed by atoms with Gasteiger partial charge in [0.05, 0.1) is 5.56 Å². The lowest BCUT2D eigenvalue weighted by molar-refractivity contribution is -0.141. The first-order chi connectivity index (χ1) is 13.4. The normalized spacial score (nSPS) is 16.4. The van der Waals surface area contributed by atoms with Gasteiger partial charge < -0.3 is 20.1 Å². The largest absolute Gasteiger partial charge is 0.483 e. The first kappa shape index (κ1) is 19.7. The first-order valence-corrected chi connectivity index (χ1v) is 9.35. The summed E-state index contributed by atoms with van der Waals surface area (Å²) in [5.41, 5.74) is 0.268. The van der Waals surface area contributed by atoms with E-state index in [1.165, 1.54) is 4.90 Å². The van der Waals surface area contributed by atoms with Crippen LogP contribution in [0.1, 0.15) is 37.0 Å². The highest BCUT2D eigenvalue weighted by molar-refractivity contribution is 6.03. The Morgan fingerprint density at radius 1 is 1.21 bits per heavy atom. The van der Waals surface area contributed by atoms with Crippen LogP contribution in [0.3, 0.4) is 0 Å². The van der Waals surface area contributed by atoms with Crippen LogP contribution in [0.15, 0.2) is 36.4 Å². The van der Waals surface area contributed by atoms with Crippen LogP contribution in [-0.2, 0) is 9.59 Å². The molecule has 1 aliphatic rings. The van der Waals surface area contributed by atoms with Gasteiger partial charge in [-0.3, -0.25) is 9.59 Å². The van der Waals surface area contributed by atoms with E-state index >= 15 is 0 Å². The highest BCUT2D eigenvalue weighted by Gasteiger charge is 2.35. The van der Waals surface area contributed by atoms with Gasteiger partial charge in [-0.1, -0.05) is 24.3 Å². The second kappa shape index (κ2) is 8.29. The molecule has 7 nitrogen and oxygen atoms in total. The zero-order valence-electron chi connectivity index (χ0n) is 16.0. The summed E-state index contributed by atoms with van der Waals surface area (Å²) in [4.78, 5) is 37.9. The summed E-state index contributed by atoms with van der Waals surface area (Å²) in [6, 6.07) is 10.1. The van der Waals surface area contributed by atoms with E-state index in [1.807, 2.05) is 38.1 Å². The molecule has 0 aromatic heterocycles. The monoisotopic (exact) mass is 384 g/mol. The highest BCUT2D eigenvalue weighted by Crippen LogP contribution is 2.30. The van der Waals surface area contributed by atoms with Crippen LogP contribution in [-0.4, -0.2) is 53.0 Å². The zero-order valence-corrected chi connectivity index (χ0v) is 16.0. The average molecular weight is 384 g/mol. The lowest BCUT2D eigenvalue weighted by atomic mass is 10.0. The molecule has 2 aromatic carbocycles. The Morgan fingerprint density at radius 2 is 1.89 bits per heavy atom. The maximum absolute atomic E-state index is 13.1. The number of carboxylic acids is 1. The van der Waals surface area contributed by atoms with Crippen molar-refractivity contribution < 1.29 is 24.2 Å². The Balaban J connectivity index is 1.93. The van der Waals surface area contributed by atoms with E-state index in [-0.39, 0.29) is 29.9 Å². The van der Waals surface area contributed by atoms with Crippen molar-refractivity contribution in [2.24, 2.45) is 0 Å². The molecule has 0 aliphatic carbocycles. The molecule has 3 rings (SSSR count). The van der Waals surface area contributed by atoms with Gasteiger partial charge in [0.1, 0.15) is 11.8 Å². The van der Waals surface area contributed by atoms with Gasteiger partial charge in [-0.25, -0.2) is 4.79 Å². The molecule has 2 N–H and O–H groups in total. The van der Waals surface area contributed by atoms with Crippen LogP contribution in [0.2, 0.25) is 0 Å². The molecule has 7 heteroatoms. The number of carbonyl (C=O) groups is 3. The number of nitrogens with one attached hydrogen (secondary N) is 1.